The Labute approximate surface area is 331 Å². The Bertz CT molecular complexity index is 2420. The zero-order chi connectivity index (χ0) is 42.6. The van der Waals surface area contributed by atoms with Crippen molar-refractivity contribution >= 4 is 50.9 Å². The zero-order valence-corrected chi connectivity index (χ0v) is 31.6. The minimum atomic E-state index is -1.90. The number of nitrogens with two attached hydrogens (primary N) is 4. The number of nitrogens with zero attached hydrogens (tertiary/aromatic N) is 4. The maximum Gasteiger partial charge on any atom is 0.269 e. The summed E-state index contributed by atoms with van der Waals surface area (Å²) in [6.45, 7) is 0.864. The second-order valence-corrected chi connectivity index (χ2v) is 13.5. The van der Waals surface area contributed by atoms with Gasteiger partial charge in [0.25, 0.3) is 23.6 Å². The number of nitrogen functional groups attached to an aromatic ring is 2. The van der Waals surface area contributed by atoms with Crippen molar-refractivity contribution in [1.29, 1.82) is 0 Å². The van der Waals surface area contributed by atoms with Gasteiger partial charge in [-0.05, 0) is 52.3 Å². The lowest BCUT2D eigenvalue weighted by Gasteiger charge is -2.13. The molecule has 0 saturated carbocycles. The molecule has 10 N–H and O–H groups in total. The van der Waals surface area contributed by atoms with Gasteiger partial charge in [0.15, 0.2) is 23.0 Å². The molecule has 2 aromatic carbocycles. The first-order chi connectivity index (χ1) is 26.6. The van der Waals surface area contributed by atoms with E-state index in [1.807, 2.05) is 0 Å². The van der Waals surface area contributed by atoms with E-state index in [0.717, 1.165) is 24.3 Å². The normalized spacial score (nSPS) is 18.4. The number of rotatable bonds is 4. The topological polar surface area (TPSA) is 245 Å². The number of carbonyl (C=O) groups is 4. The average Bonchev–Trinajstić information content (AvgIpc) is 3.57. The van der Waals surface area contributed by atoms with Crippen LogP contribution in [0.2, 0.25) is 0 Å². The third-order valence-electron chi connectivity index (χ3n) is 8.57. The highest BCUT2D eigenvalue weighted by atomic mass is 79.9. The Hall–Kier alpha value is -6.54. The number of aromatic nitrogens is 2. The summed E-state index contributed by atoms with van der Waals surface area (Å²) in [5.74, 6) is 1.40. The number of terminal acetylenes is 1. The molecule has 4 amide bonds. The lowest BCUT2D eigenvalue weighted by atomic mass is 10.0. The number of anilines is 2. The number of amides is 4. The number of pyridine rings is 2. The average molecular weight is 854 g/mol. The van der Waals surface area contributed by atoms with E-state index >= 15 is 0 Å². The molecule has 0 radical (unpaired) electrons. The number of hydrogen-bond acceptors (Lipinski definition) is 10. The van der Waals surface area contributed by atoms with E-state index in [4.69, 9.17) is 29.4 Å². The standard InChI is InChI=1S/C19H16F2N4O3.C12H8BrF2N3O.C7H9NO2/c1-25-7-6-19(28,18(25)27)5-4-10-8-11(2-3-12(10)20)15-13(21)9-14(22)16(24-15)17(23)26;13-6-3-5(1-2-7(6)14)10-8(15)4-9(16)11(18-10)12(17)19;1-3-7(10)4-5-8(2)6(7)9/h2-3,8-9,28H,6-7,22H2,1H3,(H2,23,26);1-4H,16H2,(H2,17,19);1,10H,4-5H2,2H3/t19-;;7-/m0.0/s1. The molecule has 2 saturated heterocycles. The second kappa shape index (κ2) is 17.1. The van der Waals surface area contributed by atoms with Crippen molar-refractivity contribution < 1.29 is 47.0 Å². The SMILES string of the molecule is C#C[C@]1(O)CCN(C)C1=O.CN1CC[C@@](O)(C#Cc2cc(-c3nc(C(N)=O)c(N)cc3F)ccc2F)C1=O.NC(=O)c1nc(-c2ccc(F)c(Br)c2)c(F)cc1N. The Morgan fingerprint density at radius 2 is 1.19 bits per heavy atom. The van der Waals surface area contributed by atoms with Gasteiger partial charge in [0, 0.05) is 63.3 Å². The van der Waals surface area contributed by atoms with Crippen LogP contribution in [0.5, 0.6) is 0 Å². The van der Waals surface area contributed by atoms with Crippen molar-refractivity contribution in [1.82, 2.24) is 19.8 Å². The van der Waals surface area contributed by atoms with E-state index in [-0.39, 0.29) is 62.1 Å². The van der Waals surface area contributed by atoms with Crippen LogP contribution in [0.3, 0.4) is 0 Å². The molecular formula is C38H33BrF4N8O6. The van der Waals surface area contributed by atoms with Crippen LogP contribution in [0.1, 0.15) is 39.4 Å². The van der Waals surface area contributed by atoms with Gasteiger partial charge in [0.05, 0.1) is 21.4 Å². The third-order valence-corrected chi connectivity index (χ3v) is 9.18. The van der Waals surface area contributed by atoms with Crippen LogP contribution in [0, 0.1) is 47.5 Å². The largest absolute Gasteiger partial charge is 0.397 e. The molecule has 0 spiro atoms. The molecule has 57 heavy (non-hydrogen) atoms. The van der Waals surface area contributed by atoms with Crippen molar-refractivity contribution in [2.75, 3.05) is 38.7 Å². The van der Waals surface area contributed by atoms with Gasteiger partial charge in [-0.3, -0.25) is 19.2 Å². The molecule has 19 heteroatoms. The number of likely N-dealkylation sites (N-methyl/N-ethyl adjacent to an activating group) is 2. The molecule has 296 valence electrons. The van der Waals surface area contributed by atoms with Crippen LogP contribution in [-0.4, -0.2) is 92.0 Å². The number of carbonyl (C=O) groups excluding carboxylic acids is 4. The van der Waals surface area contributed by atoms with E-state index < -0.39 is 52.2 Å². The summed E-state index contributed by atoms with van der Waals surface area (Å²) in [7, 11) is 3.15. The fourth-order valence-electron chi connectivity index (χ4n) is 5.35. The molecule has 2 aromatic heterocycles. The van der Waals surface area contributed by atoms with Crippen molar-refractivity contribution in [2.24, 2.45) is 11.5 Å². The Morgan fingerprint density at radius 3 is 1.58 bits per heavy atom. The van der Waals surface area contributed by atoms with E-state index in [1.165, 1.54) is 41.1 Å². The smallest absolute Gasteiger partial charge is 0.269 e. The molecule has 4 heterocycles. The van der Waals surface area contributed by atoms with Gasteiger partial charge in [-0.1, -0.05) is 17.8 Å². The maximum absolute atomic E-state index is 14.3. The summed E-state index contributed by atoms with van der Waals surface area (Å²) >= 11 is 2.99. The Kier molecular flexibility index (Phi) is 12.9. The molecule has 4 aromatic rings. The Morgan fingerprint density at radius 1 is 0.754 bits per heavy atom. The fourth-order valence-corrected chi connectivity index (χ4v) is 5.72. The van der Waals surface area contributed by atoms with Gasteiger partial charge in [0.2, 0.25) is 11.2 Å². The summed E-state index contributed by atoms with van der Waals surface area (Å²) in [5.41, 5.74) is 16.8. The predicted molar refractivity (Wildman–Crippen MR) is 203 cm³/mol. The highest BCUT2D eigenvalue weighted by Crippen LogP contribution is 2.29. The molecule has 14 nitrogen and oxygen atoms in total. The first-order valence-corrected chi connectivity index (χ1v) is 17.2. The molecular weight excluding hydrogens is 820 g/mol. The van der Waals surface area contributed by atoms with Crippen LogP contribution < -0.4 is 22.9 Å². The van der Waals surface area contributed by atoms with E-state index in [9.17, 15) is 47.0 Å². The summed E-state index contributed by atoms with van der Waals surface area (Å²) < 4.78 is 55.5. The summed E-state index contributed by atoms with van der Waals surface area (Å²) in [5, 5.41) is 19.6. The number of benzene rings is 2. The number of hydrogen-bond donors (Lipinski definition) is 6. The number of likely N-dealkylation sites (tertiary alicyclic amines) is 2. The van der Waals surface area contributed by atoms with Crippen LogP contribution in [-0.2, 0) is 9.59 Å². The third kappa shape index (κ3) is 9.47. The van der Waals surface area contributed by atoms with E-state index in [0.29, 0.717) is 25.1 Å². The summed E-state index contributed by atoms with van der Waals surface area (Å²) in [6, 6.07) is 9.17. The maximum atomic E-state index is 14.3. The molecule has 2 atom stereocenters. The van der Waals surface area contributed by atoms with Crippen molar-refractivity contribution in [2.45, 2.75) is 24.0 Å². The monoisotopic (exact) mass is 852 g/mol. The molecule has 0 unspecified atom stereocenters. The van der Waals surface area contributed by atoms with Gasteiger partial charge in [0.1, 0.15) is 23.0 Å². The van der Waals surface area contributed by atoms with Crippen LogP contribution in [0.25, 0.3) is 22.5 Å². The van der Waals surface area contributed by atoms with Crippen molar-refractivity contribution in [3.63, 3.8) is 0 Å². The van der Waals surface area contributed by atoms with Gasteiger partial charge >= 0.3 is 0 Å². The molecule has 2 aliphatic rings. The number of primary amides is 2. The lowest BCUT2D eigenvalue weighted by molar-refractivity contribution is -0.138. The van der Waals surface area contributed by atoms with Gasteiger partial charge < -0.3 is 42.9 Å². The van der Waals surface area contributed by atoms with Crippen LogP contribution >= 0.6 is 15.9 Å². The summed E-state index contributed by atoms with van der Waals surface area (Å²) in [6.07, 6.45) is 5.41. The summed E-state index contributed by atoms with van der Waals surface area (Å²) in [4.78, 5) is 55.8. The quantitative estimate of drug-likeness (QED) is 0.129. The first kappa shape index (κ1) is 43.2. The fraction of sp³-hybridized carbons (Fsp3) is 0.211. The molecule has 2 fully saturated rings. The highest BCUT2D eigenvalue weighted by molar-refractivity contribution is 9.10. The van der Waals surface area contributed by atoms with Gasteiger partial charge in [-0.25, -0.2) is 27.5 Å². The second-order valence-electron chi connectivity index (χ2n) is 12.6. The zero-order valence-electron chi connectivity index (χ0n) is 30.0. The molecule has 2 aliphatic heterocycles. The van der Waals surface area contributed by atoms with Crippen molar-refractivity contribution in [3.8, 4) is 46.7 Å². The van der Waals surface area contributed by atoms with Gasteiger partial charge in [-0.2, -0.15) is 0 Å². The first-order valence-electron chi connectivity index (χ1n) is 16.4. The number of aliphatic hydroxyl groups is 2. The Balaban J connectivity index is 0.000000213. The van der Waals surface area contributed by atoms with Crippen LogP contribution in [0.4, 0.5) is 28.9 Å². The number of halogens is 5. The highest BCUT2D eigenvalue weighted by Gasteiger charge is 2.43. The minimum Gasteiger partial charge on any atom is -0.397 e. The molecule has 0 bridgehead atoms. The van der Waals surface area contributed by atoms with Crippen molar-refractivity contribution in [3.05, 3.63) is 93.2 Å². The lowest BCUT2D eigenvalue weighted by Crippen LogP contribution is -2.37. The molecule has 6 rings (SSSR count). The minimum absolute atomic E-state index is 0.0900. The predicted octanol–water partition coefficient (Wildman–Crippen LogP) is 2.34. The van der Waals surface area contributed by atoms with E-state index in [2.05, 4.69) is 43.7 Å². The van der Waals surface area contributed by atoms with Crippen LogP contribution in [0.15, 0.2) is 53.0 Å². The molecule has 0 aliphatic carbocycles. The van der Waals surface area contributed by atoms with Gasteiger partial charge in [-0.15, -0.1) is 6.42 Å². The van der Waals surface area contributed by atoms with E-state index in [1.54, 1.807) is 7.05 Å².